The van der Waals surface area contributed by atoms with Crippen molar-refractivity contribution in [3.05, 3.63) is 35.5 Å². The first kappa shape index (κ1) is 31.1. The van der Waals surface area contributed by atoms with Gasteiger partial charge in [-0.2, -0.15) is 4.99 Å². The number of allylic oxidation sites excluding steroid dienone is 4. The number of aliphatic hydroxyl groups is 1. The third-order valence-electron chi connectivity index (χ3n) is 9.01. The number of nitrogens with zero attached hydrogens (tertiary/aromatic N) is 2. The molecule has 0 aromatic carbocycles. The SMILES string of the molecule is C=C1CC[C@H](O)C/C1=C/C=C1\CCC[C@]2(C)[C@@H]([C@H](C)CCCC(C)C)CC[C@@H]12.CN(C)C(=N)N=C(N)N. The molecule has 0 bridgehead atoms. The van der Waals surface area contributed by atoms with Gasteiger partial charge in [-0.05, 0) is 86.0 Å². The van der Waals surface area contributed by atoms with Crippen LogP contribution in [0.5, 0.6) is 0 Å². The van der Waals surface area contributed by atoms with Gasteiger partial charge in [0, 0.05) is 14.1 Å². The Hall–Kier alpha value is -2.08. The predicted molar refractivity (Wildman–Crippen MR) is 158 cm³/mol. The minimum atomic E-state index is -0.172. The molecule has 3 aliphatic carbocycles. The largest absolute Gasteiger partial charge is 0.393 e. The second-order valence-corrected chi connectivity index (χ2v) is 12.6. The summed E-state index contributed by atoms with van der Waals surface area (Å²) < 4.78 is 0. The number of hydrogen-bond donors (Lipinski definition) is 4. The number of nitrogens with one attached hydrogen (secondary N) is 1. The van der Waals surface area contributed by atoms with Crippen LogP contribution in [0.1, 0.15) is 98.3 Å². The van der Waals surface area contributed by atoms with E-state index in [1.807, 2.05) is 0 Å². The average molecular weight is 514 g/mol. The summed E-state index contributed by atoms with van der Waals surface area (Å²) in [4.78, 5) is 4.96. The van der Waals surface area contributed by atoms with Crippen LogP contribution in [0.25, 0.3) is 0 Å². The Labute approximate surface area is 226 Å². The summed E-state index contributed by atoms with van der Waals surface area (Å²) >= 11 is 0. The van der Waals surface area contributed by atoms with Crippen molar-refractivity contribution in [2.45, 2.75) is 104 Å². The van der Waals surface area contributed by atoms with E-state index < -0.39 is 0 Å². The Morgan fingerprint density at radius 3 is 2.46 bits per heavy atom. The lowest BCUT2D eigenvalue weighted by molar-refractivity contribution is 0.0929. The van der Waals surface area contributed by atoms with Gasteiger partial charge in [-0.25, -0.2) is 0 Å². The van der Waals surface area contributed by atoms with Crippen molar-refractivity contribution in [2.24, 2.45) is 45.5 Å². The molecular weight excluding hydrogens is 458 g/mol. The molecule has 0 saturated heterocycles. The zero-order valence-corrected chi connectivity index (χ0v) is 24.5. The summed E-state index contributed by atoms with van der Waals surface area (Å²) in [6, 6.07) is 0. The molecule has 3 saturated carbocycles. The van der Waals surface area contributed by atoms with Crippen LogP contribution in [-0.2, 0) is 0 Å². The van der Waals surface area contributed by atoms with Crippen molar-refractivity contribution >= 4 is 11.9 Å². The molecule has 3 aliphatic rings. The van der Waals surface area contributed by atoms with Crippen LogP contribution >= 0.6 is 0 Å². The molecule has 6 N–H and O–H groups in total. The van der Waals surface area contributed by atoms with E-state index >= 15 is 0 Å². The highest BCUT2D eigenvalue weighted by molar-refractivity contribution is 5.91. The van der Waals surface area contributed by atoms with Gasteiger partial charge in [0.1, 0.15) is 0 Å². The lowest BCUT2D eigenvalue weighted by Gasteiger charge is -2.44. The van der Waals surface area contributed by atoms with Crippen molar-refractivity contribution in [3.8, 4) is 0 Å². The van der Waals surface area contributed by atoms with Gasteiger partial charge in [0.05, 0.1) is 6.10 Å². The van der Waals surface area contributed by atoms with Crippen LogP contribution < -0.4 is 11.5 Å². The van der Waals surface area contributed by atoms with E-state index in [1.165, 1.54) is 67.4 Å². The molecule has 0 spiro atoms. The number of fused-ring (bicyclic) bond motifs is 1. The number of hydrogen-bond acceptors (Lipinski definition) is 2. The quantitative estimate of drug-likeness (QED) is 0.244. The molecule has 0 aromatic rings. The van der Waals surface area contributed by atoms with Gasteiger partial charge in [0.2, 0.25) is 5.96 Å². The third-order valence-corrected chi connectivity index (χ3v) is 9.01. The van der Waals surface area contributed by atoms with E-state index in [2.05, 4.69) is 51.4 Å². The van der Waals surface area contributed by atoms with Crippen LogP contribution in [0.2, 0.25) is 0 Å². The molecule has 210 valence electrons. The number of rotatable bonds is 6. The Bertz CT molecular complexity index is 867. The lowest BCUT2D eigenvalue weighted by Crippen LogP contribution is -2.36. The standard InChI is InChI=1S/C27H44O.C4H11N5/c1-19(2)8-6-9-21(4)25-15-16-26-22(10-7-17-27(25,26)5)12-13-23-18-24(28)14-11-20(23)3;1-9(2)4(7)8-3(5)6/h12-13,19,21,24-26,28H,3,6-11,14-18H2,1-2,4-5H3;1-2H3,(H5,5,6,7,8)/b22-12+,23-13-;/t21-,24+,25-,26+,27-;/m1./s1. The third kappa shape index (κ3) is 9.01. The second-order valence-electron chi connectivity index (χ2n) is 12.6. The summed E-state index contributed by atoms with van der Waals surface area (Å²) in [5.74, 6) is 3.33. The summed E-state index contributed by atoms with van der Waals surface area (Å²) in [7, 11) is 3.38. The molecule has 0 amide bonds. The van der Waals surface area contributed by atoms with Crippen molar-refractivity contribution in [1.29, 1.82) is 5.41 Å². The maximum absolute atomic E-state index is 10.0. The van der Waals surface area contributed by atoms with Crippen LogP contribution in [0, 0.1) is 34.5 Å². The van der Waals surface area contributed by atoms with Gasteiger partial charge < -0.3 is 21.5 Å². The molecule has 37 heavy (non-hydrogen) atoms. The maximum Gasteiger partial charge on any atom is 0.220 e. The highest BCUT2D eigenvalue weighted by atomic mass is 16.3. The van der Waals surface area contributed by atoms with E-state index in [1.54, 1.807) is 19.7 Å². The second kappa shape index (κ2) is 14.2. The molecule has 0 unspecified atom stereocenters. The first-order valence-electron chi connectivity index (χ1n) is 14.5. The molecule has 6 nitrogen and oxygen atoms in total. The minimum Gasteiger partial charge on any atom is -0.393 e. The van der Waals surface area contributed by atoms with Gasteiger partial charge in [0.25, 0.3) is 0 Å². The molecule has 0 heterocycles. The highest BCUT2D eigenvalue weighted by Gasteiger charge is 2.50. The molecule has 6 heteroatoms. The molecule has 5 atom stereocenters. The Morgan fingerprint density at radius 1 is 1.16 bits per heavy atom. The monoisotopic (exact) mass is 513 g/mol. The fourth-order valence-corrected chi connectivity index (χ4v) is 6.88. The van der Waals surface area contributed by atoms with Gasteiger partial charge in [0.15, 0.2) is 5.96 Å². The van der Waals surface area contributed by atoms with E-state index in [0.29, 0.717) is 5.41 Å². The lowest BCUT2D eigenvalue weighted by atomic mass is 9.60. The van der Waals surface area contributed by atoms with Crippen LogP contribution in [-0.4, -0.2) is 42.1 Å². The smallest absolute Gasteiger partial charge is 0.220 e. The summed E-state index contributed by atoms with van der Waals surface area (Å²) in [5.41, 5.74) is 14.7. The average Bonchev–Trinajstić information content (AvgIpc) is 3.17. The summed E-state index contributed by atoms with van der Waals surface area (Å²) in [5, 5.41) is 17.1. The van der Waals surface area contributed by atoms with Gasteiger partial charge in [-0.15, -0.1) is 0 Å². The van der Waals surface area contributed by atoms with E-state index in [-0.39, 0.29) is 18.0 Å². The zero-order valence-electron chi connectivity index (χ0n) is 24.5. The van der Waals surface area contributed by atoms with E-state index in [0.717, 1.165) is 42.9 Å². The summed E-state index contributed by atoms with van der Waals surface area (Å²) in [6.45, 7) is 14.1. The van der Waals surface area contributed by atoms with Gasteiger partial charge in [-0.3, -0.25) is 5.41 Å². The Balaban J connectivity index is 0.000000458. The Kier molecular flexibility index (Phi) is 11.9. The number of nitrogens with two attached hydrogens (primary N) is 2. The Morgan fingerprint density at radius 2 is 1.86 bits per heavy atom. The van der Waals surface area contributed by atoms with Gasteiger partial charge in [-0.1, -0.05) is 76.8 Å². The molecule has 0 radical (unpaired) electrons. The predicted octanol–water partition coefficient (Wildman–Crippen LogP) is 6.38. The minimum absolute atomic E-state index is 0.0509. The normalized spacial score (nSPS) is 30.5. The molecular formula is C31H55N5O. The topological polar surface area (TPSA) is 112 Å². The van der Waals surface area contributed by atoms with Crippen molar-refractivity contribution in [2.75, 3.05) is 14.1 Å². The van der Waals surface area contributed by atoms with Crippen molar-refractivity contribution in [1.82, 2.24) is 4.90 Å². The highest BCUT2D eigenvalue weighted by Crippen LogP contribution is 2.59. The van der Waals surface area contributed by atoms with E-state index in [9.17, 15) is 5.11 Å². The van der Waals surface area contributed by atoms with E-state index in [4.69, 9.17) is 16.9 Å². The van der Waals surface area contributed by atoms with Gasteiger partial charge >= 0.3 is 0 Å². The van der Waals surface area contributed by atoms with Crippen LogP contribution in [0.4, 0.5) is 0 Å². The van der Waals surface area contributed by atoms with Crippen LogP contribution in [0.15, 0.2) is 40.4 Å². The van der Waals surface area contributed by atoms with Crippen molar-refractivity contribution in [3.63, 3.8) is 0 Å². The zero-order chi connectivity index (χ0) is 27.8. The molecule has 3 rings (SSSR count). The van der Waals surface area contributed by atoms with Crippen LogP contribution in [0.3, 0.4) is 0 Å². The summed E-state index contributed by atoms with van der Waals surface area (Å²) in [6.07, 6.45) is 18.2. The number of aliphatic hydroxyl groups excluding tert-OH is 1. The fourth-order valence-electron chi connectivity index (χ4n) is 6.88. The molecule has 0 aromatic heterocycles. The maximum atomic E-state index is 10.0. The first-order chi connectivity index (χ1) is 17.3. The molecule has 3 fully saturated rings. The first-order valence-corrected chi connectivity index (χ1v) is 14.5. The number of guanidine groups is 2. The molecule has 0 aliphatic heterocycles. The fraction of sp³-hybridized carbons (Fsp3) is 0.742. The van der Waals surface area contributed by atoms with Crippen molar-refractivity contribution < 1.29 is 5.11 Å². The number of aliphatic imine (C=N–C) groups is 1.